The first-order valence-electron chi connectivity index (χ1n) is 5.41. The first-order valence-corrected chi connectivity index (χ1v) is 7.08. The second-order valence-electron chi connectivity index (χ2n) is 3.57. The summed E-state index contributed by atoms with van der Waals surface area (Å²) < 4.78 is 5.97. The van der Waals surface area contributed by atoms with Crippen molar-refractivity contribution in [3.8, 4) is 5.75 Å². The van der Waals surface area contributed by atoms with Crippen molar-refractivity contribution in [2.24, 2.45) is 5.10 Å². The molecule has 0 aliphatic carbocycles. The molecule has 1 heterocycles. The zero-order chi connectivity index (χ0) is 13.7. The van der Waals surface area contributed by atoms with Gasteiger partial charge in [0.1, 0.15) is 5.75 Å². The minimum atomic E-state index is -0.209. The first kappa shape index (κ1) is 13.8. The number of nitrogens with zero attached hydrogens (tertiary/aromatic N) is 1. The van der Waals surface area contributed by atoms with Crippen molar-refractivity contribution in [3.63, 3.8) is 0 Å². The number of hydrogen-bond acceptors (Lipinski definition) is 4. The van der Waals surface area contributed by atoms with E-state index < -0.39 is 0 Å². The van der Waals surface area contributed by atoms with Gasteiger partial charge in [0, 0.05) is 0 Å². The summed E-state index contributed by atoms with van der Waals surface area (Å²) in [5, 5.41) is 5.76. The van der Waals surface area contributed by atoms with Crippen molar-refractivity contribution in [1.82, 2.24) is 5.43 Å². The predicted molar refractivity (Wildman–Crippen MR) is 80.1 cm³/mol. The Morgan fingerprint density at radius 1 is 1.47 bits per heavy atom. The van der Waals surface area contributed by atoms with Gasteiger partial charge in [-0.3, -0.25) is 4.79 Å². The Bertz CT molecular complexity index is 597. The molecule has 0 saturated heterocycles. The molecule has 0 radical (unpaired) electrons. The van der Waals surface area contributed by atoms with Gasteiger partial charge in [0.15, 0.2) is 0 Å². The average Bonchev–Trinajstić information content (AvgIpc) is 2.93. The smallest absolute Gasteiger partial charge is 0.281 e. The molecular formula is C13H11BrN2O2S. The molecule has 1 aromatic heterocycles. The third-order valence-corrected chi connectivity index (χ3v) is 3.79. The summed E-state index contributed by atoms with van der Waals surface area (Å²) in [6.45, 7) is 0. The molecule has 2 aromatic rings. The largest absolute Gasteiger partial charge is 0.496 e. The van der Waals surface area contributed by atoms with Crippen LogP contribution in [0.1, 0.15) is 15.2 Å². The summed E-state index contributed by atoms with van der Waals surface area (Å²) in [4.78, 5) is 12.3. The Kier molecular flexibility index (Phi) is 4.70. The van der Waals surface area contributed by atoms with Crippen molar-refractivity contribution in [1.29, 1.82) is 0 Å². The van der Waals surface area contributed by atoms with Crippen LogP contribution in [-0.4, -0.2) is 19.2 Å². The van der Waals surface area contributed by atoms with Crippen LogP contribution in [-0.2, 0) is 0 Å². The summed E-state index contributed by atoms with van der Waals surface area (Å²) in [6, 6.07) is 9.11. The van der Waals surface area contributed by atoms with Crippen LogP contribution >= 0.6 is 27.3 Å². The van der Waals surface area contributed by atoms with Crippen LogP contribution in [0.2, 0.25) is 0 Å². The van der Waals surface area contributed by atoms with E-state index in [2.05, 4.69) is 26.5 Å². The van der Waals surface area contributed by atoms with Gasteiger partial charge in [0.2, 0.25) is 0 Å². The molecule has 1 aromatic carbocycles. The second-order valence-corrected chi connectivity index (χ2v) is 5.37. The molecule has 0 fully saturated rings. The fourth-order valence-electron chi connectivity index (χ4n) is 1.39. The van der Waals surface area contributed by atoms with Gasteiger partial charge in [0.05, 0.1) is 22.7 Å². The summed E-state index contributed by atoms with van der Waals surface area (Å²) in [6.07, 6.45) is 1.58. The van der Waals surface area contributed by atoms with Gasteiger partial charge >= 0.3 is 0 Å². The highest BCUT2D eigenvalue weighted by Crippen LogP contribution is 2.24. The van der Waals surface area contributed by atoms with E-state index >= 15 is 0 Å². The summed E-state index contributed by atoms with van der Waals surface area (Å²) in [5.74, 6) is 0.540. The number of methoxy groups -OCH3 is 1. The van der Waals surface area contributed by atoms with Gasteiger partial charge in [-0.2, -0.15) is 5.10 Å². The Morgan fingerprint density at radius 3 is 2.95 bits per heavy atom. The Hall–Kier alpha value is -1.66. The number of ether oxygens (including phenoxy) is 1. The van der Waals surface area contributed by atoms with E-state index in [1.54, 1.807) is 19.4 Å². The molecule has 0 unspecified atom stereocenters. The van der Waals surface area contributed by atoms with Gasteiger partial charge in [-0.25, -0.2) is 5.43 Å². The summed E-state index contributed by atoms with van der Waals surface area (Å²) >= 11 is 4.76. The number of thiophene rings is 1. The second kappa shape index (κ2) is 6.49. The van der Waals surface area contributed by atoms with Crippen LogP contribution in [0.5, 0.6) is 5.75 Å². The van der Waals surface area contributed by atoms with Crippen molar-refractivity contribution in [2.45, 2.75) is 0 Å². The van der Waals surface area contributed by atoms with Crippen LogP contribution in [0, 0.1) is 0 Å². The van der Waals surface area contributed by atoms with Gasteiger partial charge in [-0.1, -0.05) is 6.07 Å². The molecule has 6 heteroatoms. The lowest BCUT2D eigenvalue weighted by atomic mass is 10.2. The van der Waals surface area contributed by atoms with E-state index in [4.69, 9.17) is 4.74 Å². The Morgan fingerprint density at radius 2 is 2.32 bits per heavy atom. The zero-order valence-corrected chi connectivity index (χ0v) is 12.5. The van der Waals surface area contributed by atoms with Gasteiger partial charge < -0.3 is 4.74 Å². The molecule has 4 nitrogen and oxygen atoms in total. The number of hydrazone groups is 1. The van der Waals surface area contributed by atoms with Gasteiger partial charge in [-0.15, -0.1) is 11.3 Å². The summed E-state index contributed by atoms with van der Waals surface area (Å²) in [7, 11) is 1.61. The quantitative estimate of drug-likeness (QED) is 0.687. The maximum absolute atomic E-state index is 11.6. The average molecular weight is 339 g/mol. The fraction of sp³-hybridized carbons (Fsp3) is 0.0769. The number of amides is 1. The third kappa shape index (κ3) is 3.65. The SMILES string of the molecule is COc1ccc(/C=N\NC(=O)c2cccs2)cc1Br. The van der Waals surface area contributed by atoms with Crippen LogP contribution in [0.15, 0.2) is 45.3 Å². The van der Waals surface area contributed by atoms with Crippen LogP contribution < -0.4 is 10.2 Å². The number of rotatable bonds is 4. The minimum Gasteiger partial charge on any atom is -0.496 e. The van der Waals surface area contributed by atoms with Crippen molar-refractivity contribution in [3.05, 3.63) is 50.6 Å². The van der Waals surface area contributed by atoms with E-state index in [9.17, 15) is 4.79 Å². The number of nitrogens with one attached hydrogen (secondary N) is 1. The molecular weight excluding hydrogens is 328 g/mol. The van der Waals surface area contributed by atoms with Crippen molar-refractivity contribution in [2.75, 3.05) is 7.11 Å². The number of hydrogen-bond donors (Lipinski definition) is 1. The minimum absolute atomic E-state index is 0.209. The number of halogens is 1. The molecule has 19 heavy (non-hydrogen) atoms. The molecule has 1 amide bonds. The van der Waals surface area contributed by atoms with E-state index in [0.29, 0.717) is 4.88 Å². The van der Waals surface area contributed by atoms with E-state index in [0.717, 1.165) is 15.8 Å². The zero-order valence-electron chi connectivity index (χ0n) is 10.1. The molecule has 0 spiro atoms. The standard InChI is InChI=1S/C13H11BrN2O2S/c1-18-11-5-4-9(7-10(11)14)8-15-16-13(17)12-3-2-6-19-12/h2-8H,1H3,(H,16,17)/b15-8-. The first-order chi connectivity index (χ1) is 9.20. The number of carbonyl (C=O) groups excluding carboxylic acids is 1. The number of carbonyl (C=O) groups is 1. The maximum Gasteiger partial charge on any atom is 0.281 e. The topological polar surface area (TPSA) is 50.7 Å². The van der Waals surface area contributed by atoms with Crippen LogP contribution in [0.4, 0.5) is 0 Å². The Labute approximate surface area is 123 Å². The molecule has 0 saturated carbocycles. The molecule has 0 aliphatic heterocycles. The van der Waals surface area contributed by atoms with Crippen molar-refractivity contribution < 1.29 is 9.53 Å². The molecule has 2 rings (SSSR count). The van der Waals surface area contributed by atoms with E-state index in [-0.39, 0.29) is 5.91 Å². The fourth-order valence-corrected chi connectivity index (χ4v) is 2.56. The lowest BCUT2D eigenvalue weighted by Crippen LogP contribution is -2.16. The van der Waals surface area contributed by atoms with Gasteiger partial charge in [-0.05, 0) is 51.1 Å². The lowest BCUT2D eigenvalue weighted by Gasteiger charge is -2.03. The third-order valence-electron chi connectivity index (χ3n) is 2.30. The normalized spacial score (nSPS) is 10.6. The highest BCUT2D eigenvalue weighted by atomic mass is 79.9. The van der Waals surface area contributed by atoms with Gasteiger partial charge in [0.25, 0.3) is 5.91 Å². The van der Waals surface area contributed by atoms with Crippen LogP contribution in [0.3, 0.4) is 0 Å². The molecule has 0 aliphatic rings. The lowest BCUT2D eigenvalue weighted by molar-refractivity contribution is 0.0959. The summed E-state index contributed by atoms with van der Waals surface area (Å²) in [5.41, 5.74) is 3.34. The molecule has 98 valence electrons. The molecule has 1 N–H and O–H groups in total. The predicted octanol–water partition coefficient (Wildman–Crippen LogP) is 3.28. The number of benzene rings is 1. The van der Waals surface area contributed by atoms with Crippen molar-refractivity contribution >= 4 is 39.4 Å². The monoisotopic (exact) mass is 338 g/mol. The van der Waals surface area contributed by atoms with E-state index in [1.807, 2.05) is 29.6 Å². The molecule has 0 atom stereocenters. The highest BCUT2D eigenvalue weighted by molar-refractivity contribution is 9.10. The van der Waals surface area contributed by atoms with Crippen LogP contribution in [0.25, 0.3) is 0 Å². The maximum atomic E-state index is 11.6. The highest BCUT2D eigenvalue weighted by Gasteiger charge is 2.04. The Balaban J connectivity index is 1.99. The van der Waals surface area contributed by atoms with E-state index in [1.165, 1.54) is 11.3 Å². The molecule has 0 bridgehead atoms.